The predicted octanol–water partition coefficient (Wildman–Crippen LogP) is 0.868. The van der Waals surface area contributed by atoms with Gasteiger partial charge in [0.25, 0.3) is 0 Å². The third-order valence-corrected chi connectivity index (χ3v) is 1.85. The standard InChI is InChI=1S/C9H9N3O2/c1-12-6-11-8(14-9(12)13)7-2-4-10-5-3-7/h2-5H,6H2,1H3. The van der Waals surface area contributed by atoms with Crippen molar-refractivity contribution in [2.45, 2.75) is 0 Å². The maximum Gasteiger partial charge on any atom is 0.417 e. The molecule has 5 heteroatoms. The molecule has 72 valence electrons. The summed E-state index contributed by atoms with van der Waals surface area (Å²) in [6.07, 6.45) is 2.88. The molecule has 0 saturated carbocycles. The Balaban J connectivity index is 2.25. The minimum atomic E-state index is -0.383. The summed E-state index contributed by atoms with van der Waals surface area (Å²) in [6, 6.07) is 3.49. The van der Waals surface area contributed by atoms with E-state index in [1.54, 1.807) is 31.6 Å². The Morgan fingerprint density at radius 2 is 2.14 bits per heavy atom. The fraction of sp³-hybridized carbons (Fsp3) is 0.222. The van der Waals surface area contributed by atoms with Gasteiger partial charge in [0.05, 0.1) is 0 Å². The third kappa shape index (κ3) is 1.56. The molecule has 1 aliphatic heterocycles. The molecule has 0 aliphatic carbocycles. The van der Waals surface area contributed by atoms with E-state index in [9.17, 15) is 4.79 Å². The number of hydrogen-bond acceptors (Lipinski definition) is 4. The van der Waals surface area contributed by atoms with Gasteiger partial charge in [-0.3, -0.25) is 9.88 Å². The van der Waals surface area contributed by atoms with Gasteiger partial charge < -0.3 is 4.74 Å². The van der Waals surface area contributed by atoms with Crippen molar-refractivity contribution in [3.8, 4) is 0 Å². The minimum Gasteiger partial charge on any atom is -0.391 e. The fourth-order valence-corrected chi connectivity index (χ4v) is 1.07. The van der Waals surface area contributed by atoms with E-state index in [1.807, 2.05) is 0 Å². The van der Waals surface area contributed by atoms with Gasteiger partial charge in [-0.05, 0) is 12.1 Å². The number of aliphatic imine (C=N–C) groups is 1. The van der Waals surface area contributed by atoms with E-state index in [-0.39, 0.29) is 6.09 Å². The van der Waals surface area contributed by atoms with E-state index < -0.39 is 0 Å². The van der Waals surface area contributed by atoms with Crippen molar-refractivity contribution in [3.05, 3.63) is 30.1 Å². The van der Waals surface area contributed by atoms with E-state index in [1.165, 1.54) is 4.90 Å². The van der Waals surface area contributed by atoms with E-state index in [0.29, 0.717) is 12.6 Å². The van der Waals surface area contributed by atoms with Crippen LogP contribution in [0.15, 0.2) is 29.5 Å². The number of amides is 1. The number of rotatable bonds is 1. The Labute approximate surface area is 81.0 Å². The molecule has 0 bridgehead atoms. The van der Waals surface area contributed by atoms with E-state index >= 15 is 0 Å². The zero-order chi connectivity index (χ0) is 9.97. The van der Waals surface area contributed by atoms with Crippen LogP contribution in [0.3, 0.4) is 0 Å². The zero-order valence-corrected chi connectivity index (χ0v) is 7.67. The number of aromatic nitrogens is 1. The summed E-state index contributed by atoms with van der Waals surface area (Å²) in [7, 11) is 1.63. The first kappa shape index (κ1) is 8.68. The molecule has 1 aliphatic rings. The van der Waals surface area contributed by atoms with Crippen molar-refractivity contribution in [3.63, 3.8) is 0 Å². The van der Waals surface area contributed by atoms with Gasteiger partial charge in [-0.25, -0.2) is 9.79 Å². The molecule has 0 fully saturated rings. The average molecular weight is 191 g/mol. The molecule has 5 nitrogen and oxygen atoms in total. The van der Waals surface area contributed by atoms with Gasteiger partial charge in [0.2, 0.25) is 5.90 Å². The number of pyridine rings is 1. The summed E-state index contributed by atoms with van der Waals surface area (Å²) in [6.45, 7) is 0.330. The molecule has 0 N–H and O–H groups in total. The Bertz CT molecular complexity index is 375. The molecular formula is C9H9N3O2. The lowest BCUT2D eigenvalue weighted by atomic mass is 10.3. The second kappa shape index (κ2) is 3.45. The van der Waals surface area contributed by atoms with Crippen molar-refractivity contribution in [1.29, 1.82) is 0 Å². The number of ether oxygens (including phenoxy) is 1. The van der Waals surface area contributed by atoms with Gasteiger partial charge >= 0.3 is 6.09 Å². The number of hydrogen-bond donors (Lipinski definition) is 0. The van der Waals surface area contributed by atoms with Crippen LogP contribution in [0, 0.1) is 0 Å². The summed E-state index contributed by atoms with van der Waals surface area (Å²) in [5.74, 6) is 0.357. The highest BCUT2D eigenvalue weighted by atomic mass is 16.6. The predicted molar refractivity (Wildman–Crippen MR) is 49.9 cm³/mol. The van der Waals surface area contributed by atoms with Crippen molar-refractivity contribution in [2.75, 3.05) is 13.7 Å². The van der Waals surface area contributed by atoms with Gasteiger partial charge in [0.15, 0.2) is 0 Å². The van der Waals surface area contributed by atoms with Crippen LogP contribution in [0.1, 0.15) is 5.56 Å². The Morgan fingerprint density at radius 1 is 1.43 bits per heavy atom. The first-order chi connectivity index (χ1) is 6.77. The van der Waals surface area contributed by atoms with Gasteiger partial charge in [0.1, 0.15) is 6.67 Å². The summed E-state index contributed by atoms with van der Waals surface area (Å²) < 4.78 is 4.99. The number of nitrogens with zero attached hydrogens (tertiary/aromatic N) is 3. The smallest absolute Gasteiger partial charge is 0.391 e. The van der Waals surface area contributed by atoms with E-state index in [4.69, 9.17) is 4.74 Å². The molecule has 1 amide bonds. The normalized spacial score (nSPS) is 16.2. The first-order valence-corrected chi connectivity index (χ1v) is 4.15. The Kier molecular flexibility index (Phi) is 2.14. The highest BCUT2D eigenvalue weighted by Crippen LogP contribution is 2.07. The highest BCUT2D eigenvalue weighted by Gasteiger charge is 2.19. The molecule has 1 aromatic heterocycles. The highest BCUT2D eigenvalue weighted by molar-refractivity contribution is 6.01. The van der Waals surface area contributed by atoms with Gasteiger partial charge in [-0.2, -0.15) is 0 Å². The van der Waals surface area contributed by atoms with Crippen LogP contribution >= 0.6 is 0 Å². The summed E-state index contributed by atoms with van der Waals surface area (Å²) in [4.78, 5) is 20.5. The SMILES string of the molecule is CN1CN=C(c2ccncc2)OC1=O. The lowest BCUT2D eigenvalue weighted by molar-refractivity contribution is 0.153. The largest absolute Gasteiger partial charge is 0.417 e. The monoisotopic (exact) mass is 191 g/mol. The van der Waals surface area contributed by atoms with Crippen LogP contribution in [0.25, 0.3) is 0 Å². The van der Waals surface area contributed by atoms with E-state index in [0.717, 1.165) is 5.56 Å². The maximum absolute atomic E-state index is 11.2. The molecule has 2 rings (SSSR count). The van der Waals surface area contributed by atoms with Crippen molar-refractivity contribution < 1.29 is 9.53 Å². The summed E-state index contributed by atoms with van der Waals surface area (Å²) in [5, 5.41) is 0. The van der Waals surface area contributed by atoms with Crippen LogP contribution in [0.2, 0.25) is 0 Å². The van der Waals surface area contributed by atoms with Crippen molar-refractivity contribution in [1.82, 2.24) is 9.88 Å². The average Bonchev–Trinajstić information content (AvgIpc) is 2.23. The van der Waals surface area contributed by atoms with Crippen LogP contribution < -0.4 is 0 Å². The minimum absolute atomic E-state index is 0.330. The summed E-state index contributed by atoms with van der Waals surface area (Å²) in [5.41, 5.74) is 0.765. The van der Waals surface area contributed by atoms with Gasteiger partial charge in [-0.1, -0.05) is 0 Å². The quantitative estimate of drug-likeness (QED) is 0.661. The molecule has 0 spiro atoms. The third-order valence-electron chi connectivity index (χ3n) is 1.85. The molecule has 0 unspecified atom stereocenters. The molecular weight excluding hydrogens is 182 g/mol. The number of carbonyl (C=O) groups excluding carboxylic acids is 1. The Hall–Kier alpha value is -1.91. The molecule has 0 radical (unpaired) electrons. The van der Waals surface area contributed by atoms with Crippen LogP contribution in [0.5, 0.6) is 0 Å². The molecule has 2 heterocycles. The van der Waals surface area contributed by atoms with Crippen molar-refractivity contribution >= 4 is 12.0 Å². The van der Waals surface area contributed by atoms with Crippen molar-refractivity contribution in [2.24, 2.45) is 4.99 Å². The topological polar surface area (TPSA) is 54.8 Å². The Morgan fingerprint density at radius 3 is 2.79 bits per heavy atom. The second-order valence-corrected chi connectivity index (χ2v) is 2.91. The van der Waals surface area contributed by atoms with Crippen LogP contribution in [0.4, 0.5) is 4.79 Å². The van der Waals surface area contributed by atoms with E-state index in [2.05, 4.69) is 9.98 Å². The molecule has 1 aromatic rings. The van der Waals surface area contributed by atoms with Crippen LogP contribution in [-0.4, -0.2) is 35.6 Å². The molecule has 0 saturated heterocycles. The molecule has 0 atom stereocenters. The van der Waals surface area contributed by atoms with Crippen LogP contribution in [-0.2, 0) is 4.74 Å². The van der Waals surface area contributed by atoms with Gasteiger partial charge in [-0.15, -0.1) is 0 Å². The summed E-state index contributed by atoms with van der Waals surface area (Å²) >= 11 is 0. The molecule has 0 aromatic carbocycles. The fourth-order valence-electron chi connectivity index (χ4n) is 1.07. The number of cyclic esters (lactones) is 1. The first-order valence-electron chi connectivity index (χ1n) is 4.15. The number of carbonyl (C=O) groups is 1. The lowest BCUT2D eigenvalue weighted by Gasteiger charge is -2.20. The lowest BCUT2D eigenvalue weighted by Crippen LogP contribution is -2.34. The maximum atomic E-state index is 11.2. The second-order valence-electron chi connectivity index (χ2n) is 2.91. The van der Waals surface area contributed by atoms with Gasteiger partial charge in [0, 0.05) is 25.0 Å². The molecule has 14 heavy (non-hydrogen) atoms. The zero-order valence-electron chi connectivity index (χ0n) is 7.67.